The first-order valence-electron chi connectivity index (χ1n) is 9.77. The van der Waals surface area contributed by atoms with Crippen LogP contribution < -0.4 is 0 Å². The molecular formula is C21H36N2O. The zero-order valence-electron chi connectivity index (χ0n) is 16.4. The topological polar surface area (TPSA) is 23.6 Å². The van der Waals surface area contributed by atoms with E-state index in [2.05, 4.69) is 51.7 Å². The molecule has 0 aromatic carbocycles. The summed E-state index contributed by atoms with van der Waals surface area (Å²) in [5.41, 5.74) is 2.63. The van der Waals surface area contributed by atoms with E-state index in [0.717, 1.165) is 25.2 Å². The van der Waals surface area contributed by atoms with Crippen molar-refractivity contribution in [3.8, 4) is 0 Å². The van der Waals surface area contributed by atoms with E-state index in [9.17, 15) is 4.79 Å². The average molecular weight is 333 g/mol. The Morgan fingerprint density at radius 2 is 1.67 bits per heavy atom. The van der Waals surface area contributed by atoms with E-state index >= 15 is 0 Å². The van der Waals surface area contributed by atoms with Crippen LogP contribution in [0.15, 0.2) is 23.5 Å². The van der Waals surface area contributed by atoms with E-state index in [1.54, 1.807) is 0 Å². The Morgan fingerprint density at radius 3 is 2.21 bits per heavy atom. The van der Waals surface area contributed by atoms with Crippen LogP contribution in [0.3, 0.4) is 0 Å². The molecule has 0 bridgehead atoms. The maximum atomic E-state index is 12.8. The molecule has 1 aliphatic carbocycles. The Balaban J connectivity index is 2.25. The summed E-state index contributed by atoms with van der Waals surface area (Å²) >= 11 is 0. The van der Waals surface area contributed by atoms with Gasteiger partial charge >= 0.3 is 0 Å². The van der Waals surface area contributed by atoms with E-state index < -0.39 is 0 Å². The van der Waals surface area contributed by atoms with Gasteiger partial charge in [-0.2, -0.15) is 0 Å². The van der Waals surface area contributed by atoms with Crippen LogP contribution in [-0.4, -0.2) is 34.8 Å². The standard InChI is InChI=1S/C21H36N2O/c1-6-18-19(7-2)23(16-14-21(3,4)5)20(24)13-15-22(18)17-11-9-8-10-12-17/h6-7,17H,8-16H2,1-5H3/b18-6+,19-7+. The van der Waals surface area contributed by atoms with Crippen LogP contribution in [0.1, 0.15) is 79.6 Å². The summed E-state index contributed by atoms with van der Waals surface area (Å²) in [7, 11) is 0. The second-order valence-electron chi connectivity index (χ2n) is 8.44. The highest BCUT2D eigenvalue weighted by Crippen LogP contribution is 2.33. The van der Waals surface area contributed by atoms with Crippen LogP contribution in [0.5, 0.6) is 0 Å². The smallest absolute Gasteiger partial charge is 0.228 e. The highest BCUT2D eigenvalue weighted by atomic mass is 16.2. The fraction of sp³-hybridized carbons (Fsp3) is 0.762. The summed E-state index contributed by atoms with van der Waals surface area (Å²) in [6.07, 6.45) is 12.6. The number of rotatable bonds is 3. The lowest BCUT2D eigenvalue weighted by molar-refractivity contribution is -0.129. The molecule has 0 atom stereocenters. The molecule has 1 saturated carbocycles. The normalized spacial score (nSPS) is 24.8. The Labute approximate surface area is 148 Å². The summed E-state index contributed by atoms with van der Waals surface area (Å²) in [4.78, 5) is 17.4. The molecule has 2 rings (SSSR count). The Hall–Kier alpha value is -1.25. The Kier molecular flexibility index (Phi) is 6.54. The molecule has 1 heterocycles. The lowest BCUT2D eigenvalue weighted by Crippen LogP contribution is -2.37. The van der Waals surface area contributed by atoms with Crippen molar-refractivity contribution in [1.82, 2.24) is 9.80 Å². The molecular weight excluding hydrogens is 296 g/mol. The second-order valence-corrected chi connectivity index (χ2v) is 8.44. The summed E-state index contributed by atoms with van der Waals surface area (Å²) in [6, 6.07) is 0.607. The molecule has 1 amide bonds. The maximum absolute atomic E-state index is 12.8. The number of carbonyl (C=O) groups excluding carboxylic acids is 1. The quantitative estimate of drug-likeness (QED) is 0.718. The zero-order valence-corrected chi connectivity index (χ0v) is 16.4. The minimum atomic E-state index is 0.241. The van der Waals surface area contributed by atoms with Crippen molar-refractivity contribution < 1.29 is 4.79 Å². The third-order valence-corrected chi connectivity index (χ3v) is 5.38. The summed E-state index contributed by atoms with van der Waals surface area (Å²) < 4.78 is 0. The predicted molar refractivity (Wildman–Crippen MR) is 101 cm³/mol. The van der Waals surface area contributed by atoms with Crippen LogP contribution in [0.25, 0.3) is 0 Å². The number of carbonyl (C=O) groups is 1. The first-order chi connectivity index (χ1) is 11.4. The minimum absolute atomic E-state index is 0.241. The molecule has 0 aromatic rings. The SMILES string of the molecule is C/C=C1\C(=C/C)N(C2CCCCC2)CCC(=O)N1CCC(C)(C)C. The second kappa shape index (κ2) is 8.22. The van der Waals surface area contributed by atoms with Crippen LogP contribution >= 0.6 is 0 Å². The molecule has 2 fully saturated rings. The van der Waals surface area contributed by atoms with Crippen LogP contribution in [-0.2, 0) is 4.79 Å². The molecule has 24 heavy (non-hydrogen) atoms. The van der Waals surface area contributed by atoms with Crippen molar-refractivity contribution in [3.63, 3.8) is 0 Å². The van der Waals surface area contributed by atoms with E-state index in [0.29, 0.717) is 12.5 Å². The molecule has 1 aliphatic heterocycles. The average Bonchev–Trinajstić information content (AvgIpc) is 2.69. The minimum Gasteiger partial charge on any atom is -0.367 e. The fourth-order valence-electron chi connectivity index (χ4n) is 3.97. The van der Waals surface area contributed by atoms with Crippen LogP contribution in [0, 0.1) is 5.41 Å². The predicted octanol–water partition coefficient (Wildman–Crippen LogP) is 5.10. The highest BCUT2D eigenvalue weighted by Gasteiger charge is 2.32. The number of hydrogen-bond donors (Lipinski definition) is 0. The van der Waals surface area contributed by atoms with Gasteiger partial charge < -0.3 is 9.80 Å². The van der Waals surface area contributed by atoms with E-state index in [1.807, 2.05) is 4.90 Å². The van der Waals surface area contributed by atoms with Gasteiger partial charge in [0.05, 0.1) is 11.4 Å². The first-order valence-corrected chi connectivity index (χ1v) is 9.77. The molecule has 3 nitrogen and oxygen atoms in total. The largest absolute Gasteiger partial charge is 0.367 e. The number of nitrogens with zero attached hydrogens (tertiary/aromatic N) is 2. The maximum Gasteiger partial charge on any atom is 0.228 e. The van der Waals surface area contributed by atoms with Gasteiger partial charge in [-0.15, -0.1) is 0 Å². The van der Waals surface area contributed by atoms with Gasteiger partial charge in [0.15, 0.2) is 0 Å². The van der Waals surface area contributed by atoms with Crippen molar-refractivity contribution in [2.75, 3.05) is 13.1 Å². The monoisotopic (exact) mass is 332 g/mol. The van der Waals surface area contributed by atoms with Gasteiger partial charge in [-0.3, -0.25) is 4.79 Å². The van der Waals surface area contributed by atoms with Gasteiger partial charge in [-0.1, -0.05) is 52.2 Å². The molecule has 0 N–H and O–H groups in total. The van der Waals surface area contributed by atoms with Crippen LogP contribution in [0.4, 0.5) is 0 Å². The number of allylic oxidation sites excluding steroid dienone is 2. The van der Waals surface area contributed by atoms with Gasteiger partial charge in [0, 0.05) is 25.6 Å². The fourth-order valence-corrected chi connectivity index (χ4v) is 3.97. The van der Waals surface area contributed by atoms with E-state index in [-0.39, 0.29) is 11.3 Å². The van der Waals surface area contributed by atoms with Crippen LogP contribution in [0.2, 0.25) is 0 Å². The summed E-state index contributed by atoms with van der Waals surface area (Å²) in [5, 5.41) is 0. The van der Waals surface area contributed by atoms with Gasteiger partial charge in [-0.05, 0) is 38.5 Å². The van der Waals surface area contributed by atoms with Gasteiger partial charge in [0.1, 0.15) is 0 Å². The molecule has 0 spiro atoms. The Bertz CT molecular complexity index is 492. The van der Waals surface area contributed by atoms with Crippen molar-refractivity contribution in [2.24, 2.45) is 5.41 Å². The van der Waals surface area contributed by atoms with Crippen molar-refractivity contribution in [1.29, 1.82) is 0 Å². The lowest BCUT2D eigenvalue weighted by Gasteiger charge is -2.38. The first kappa shape index (κ1) is 19.1. The number of hydrogen-bond acceptors (Lipinski definition) is 2. The molecule has 0 radical (unpaired) electrons. The van der Waals surface area contributed by atoms with Gasteiger partial charge in [0.25, 0.3) is 0 Å². The van der Waals surface area contributed by atoms with Gasteiger partial charge in [-0.25, -0.2) is 0 Å². The zero-order chi connectivity index (χ0) is 17.7. The molecule has 0 unspecified atom stereocenters. The lowest BCUT2D eigenvalue weighted by atomic mass is 9.92. The summed E-state index contributed by atoms with van der Waals surface area (Å²) in [6.45, 7) is 12.6. The summed E-state index contributed by atoms with van der Waals surface area (Å²) in [5.74, 6) is 0.282. The third-order valence-electron chi connectivity index (χ3n) is 5.38. The molecule has 1 saturated heterocycles. The molecule has 0 aromatic heterocycles. The van der Waals surface area contributed by atoms with Gasteiger partial charge in [0.2, 0.25) is 5.91 Å². The molecule has 3 heteroatoms. The Morgan fingerprint density at radius 1 is 1.04 bits per heavy atom. The van der Waals surface area contributed by atoms with Crippen molar-refractivity contribution >= 4 is 5.91 Å². The van der Waals surface area contributed by atoms with Crippen molar-refractivity contribution in [2.45, 2.75) is 85.6 Å². The van der Waals surface area contributed by atoms with Crippen molar-refractivity contribution in [3.05, 3.63) is 23.5 Å². The molecule has 2 aliphatic rings. The number of amides is 1. The molecule has 136 valence electrons. The van der Waals surface area contributed by atoms with E-state index in [1.165, 1.54) is 37.8 Å². The van der Waals surface area contributed by atoms with E-state index in [4.69, 9.17) is 0 Å². The third kappa shape index (κ3) is 4.64. The highest BCUT2D eigenvalue weighted by molar-refractivity contribution is 5.80.